The van der Waals surface area contributed by atoms with Gasteiger partial charge in [-0.15, -0.1) is 0 Å². The van der Waals surface area contributed by atoms with Gasteiger partial charge in [-0.2, -0.15) is 0 Å². The van der Waals surface area contributed by atoms with Crippen LogP contribution in [0, 0.1) is 5.92 Å². The number of alkyl carbamates (subject to hydrolysis) is 1. The number of nitrogens with one attached hydrogen (secondary N) is 3. The van der Waals surface area contributed by atoms with Crippen LogP contribution in [0.5, 0.6) is 0 Å². The van der Waals surface area contributed by atoms with Gasteiger partial charge in [-0.05, 0) is 24.8 Å². The molecule has 230 valence electrons. The number of hydrogen-bond acceptors (Lipinski definition) is 10. The Bertz CT molecular complexity index is 1160. The molecule has 4 amide bonds. The number of nitrogens with zero attached hydrogens (tertiary/aromatic N) is 1. The Kier molecular flexibility index (Phi) is 12.7. The summed E-state index contributed by atoms with van der Waals surface area (Å²) in [5.74, 6) is -7.13. The van der Waals surface area contributed by atoms with Crippen molar-refractivity contribution in [3.05, 3.63) is 35.9 Å². The molecule has 0 aromatic heterocycles. The third kappa shape index (κ3) is 10.7. The van der Waals surface area contributed by atoms with E-state index >= 15 is 0 Å². The molecule has 0 bridgehead atoms. The minimum Gasteiger partial charge on any atom is -0.481 e. The molecule has 1 aromatic carbocycles. The van der Waals surface area contributed by atoms with Gasteiger partial charge >= 0.3 is 24.0 Å². The standard InChI is InChI=1S/C26H34N4O12/c1-4-40-25(38)21-20(42-21)24(37)30(12-18(33)34)29-23(36)19(14(2)3)28-22(35)16(10-11-17(31)32)27-26(39)41-13-15-8-6-5-7-9-15/h5-9,14,16,19-21H,4,10-13H2,1-3H3,(H,27,39)(H,28,35)(H,29,36)(H,31,32)(H,33,34)/t16-,19-,20-,21-/m0/s1. The van der Waals surface area contributed by atoms with Crippen molar-refractivity contribution in [2.24, 2.45) is 5.92 Å². The Hall–Kier alpha value is -4.73. The van der Waals surface area contributed by atoms with Gasteiger partial charge in [0.25, 0.3) is 11.8 Å². The second-order valence-electron chi connectivity index (χ2n) is 9.44. The maximum absolute atomic E-state index is 13.1. The van der Waals surface area contributed by atoms with E-state index in [9.17, 15) is 38.7 Å². The summed E-state index contributed by atoms with van der Waals surface area (Å²) in [5, 5.41) is 23.4. The van der Waals surface area contributed by atoms with E-state index in [1.165, 1.54) is 0 Å². The number of carbonyl (C=O) groups excluding carboxylic acids is 5. The minimum absolute atomic E-state index is 0.0258. The Labute approximate surface area is 240 Å². The van der Waals surface area contributed by atoms with Gasteiger partial charge in [0, 0.05) is 6.42 Å². The number of benzene rings is 1. The molecule has 1 aliphatic heterocycles. The van der Waals surface area contributed by atoms with E-state index in [1.54, 1.807) is 51.1 Å². The number of carboxylic acid groups (broad SMARTS) is 2. The first-order valence-corrected chi connectivity index (χ1v) is 13.0. The lowest BCUT2D eigenvalue weighted by atomic mass is 10.0. The zero-order chi connectivity index (χ0) is 31.4. The van der Waals surface area contributed by atoms with E-state index < -0.39 is 84.9 Å². The number of ether oxygens (including phenoxy) is 3. The fourth-order valence-corrected chi connectivity index (χ4v) is 3.60. The largest absolute Gasteiger partial charge is 0.481 e. The second kappa shape index (κ2) is 15.9. The predicted octanol–water partition coefficient (Wildman–Crippen LogP) is -0.438. The summed E-state index contributed by atoms with van der Waals surface area (Å²) < 4.78 is 14.9. The summed E-state index contributed by atoms with van der Waals surface area (Å²) >= 11 is 0. The number of epoxide rings is 1. The van der Waals surface area contributed by atoms with Gasteiger partial charge in [0.15, 0.2) is 12.2 Å². The second-order valence-corrected chi connectivity index (χ2v) is 9.44. The van der Waals surface area contributed by atoms with Crippen molar-refractivity contribution in [2.45, 2.75) is 64.5 Å². The Balaban J connectivity index is 2.09. The first-order chi connectivity index (χ1) is 19.8. The van der Waals surface area contributed by atoms with E-state index in [0.717, 1.165) is 0 Å². The predicted molar refractivity (Wildman–Crippen MR) is 140 cm³/mol. The molecule has 1 aromatic rings. The van der Waals surface area contributed by atoms with Crippen LogP contribution >= 0.6 is 0 Å². The van der Waals surface area contributed by atoms with Crippen molar-refractivity contribution in [3.8, 4) is 0 Å². The highest BCUT2D eigenvalue weighted by Gasteiger charge is 2.53. The number of hydrogen-bond donors (Lipinski definition) is 5. The first-order valence-electron chi connectivity index (χ1n) is 13.0. The van der Waals surface area contributed by atoms with Crippen LogP contribution in [-0.2, 0) is 49.6 Å². The number of amides is 4. The normalized spacial score (nSPS) is 16.8. The van der Waals surface area contributed by atoms with Gasteiger partial charge in [-0.3, -0.25) is 29.4 Å². The first kappa shape index (κ1) is 33.5. The molecule has 1 saturated heterocycles. The van der Waals surface area contributed by atoms with Gasteiger partial charge in [0.1, 0.15) is 25.2 Å². The molecule has 0 unspecified atom stereocenters. The highest BCUT2D eigenvalue weighted by atomic mass is 16.6. The summed E-state index contributed by atoms with van der Waals surface area (Å²) in [6, 6.07) is 5.87. The van der Waals surface area contributed by atoms with Crippen LogP contribution in [0.25, 0.3) is 0 Å². The average Bonchev–Trinajstić information content (AvgIpc) is 3.73. The Morgan fingerprint density at radius 1 is 0.929 bits per heavy atom. The monoisotopic (exact) mass is 594 g/mol. The highest BCUT2D eigenvalue weighted by Crippen LogP contribution is 2.25. The highest BCUT2D eigenvalue weighted by molar-refractivity contribution is 5.96. The van der Waals surface area contributed by atoms with Gasteiger partial charge in [0.2, 0.25) is 5.91 Å². The van der Waals surface area contributed by atoms with Crippen LogP contribution < -0.4 is 16.1 Å². The SMILES string of the molecule is CCOC(=O)[C@H]1O[C@@H]1C(=O)N(CC(=O)O)NC(=O)[C@@H](NC(=O)[C@H](CCC(=O)O)NC(=O)OCc1ccccc1)C(C)C. The molecule has 1 fully saturated rings. The summed E-state index contributed by atoms with van der Waals surface area (Å²) in [4.78, 5) is 85.6. The Morgan fingerprint density at radius 3 is 2.17 bits per heavy atom. The van der Waals surface area contributed by atoms with E-state index in [-0.39, 0.29) is 19.6 Å². The van der Waals surface area contributed by atoms with Crippen LogP contribution in [0.2, 0.25) is 0 Å². The van der Waals surface area contributed by atoms with E-state index in [4.69, 9.17) is 19.3 Å². The van der Waals surface area contributed by atoms with Gasteiger partial charge < -0.3 is 35.1 Å². The van der Waals surface area contributed by atoms with Crippen molar-refractivity contribution >= 4 is 41.7 Å². The molecule has 0 radical (unpaired) electrons. The maximum Gasteiger partial charge on any atom is 0.408 e. The van der Waals surface area contributed by atoms with E-state index in [1.807, 2.05) is 0 Å². The van der Waals surface area contributed by atoms with Crippen LogP contribution in [0.15, 0.2) is 30.3 Å². The molecule has 16 nitrogen and oxygen atoms in total. The van der Waals surface area contributed by atoms with Gasteiger partial charge in [-0.25, -0.2) is 14.6 Å². The van der Waals surface area contributed by atoms with E-state index in [2.05, 4.69) is 16.1 Å². The van der Waals surface area contributed by atoms with Crippen molar-refractivity contribution in [1.29, 1.82) is 0 Å². The molecule has 16 heteroatoms. The maximum atomic E-state index is 13.1. The number of carboxylic acids is 2. The number of rotatable bonds is 15. The number of aliphatic carboxylic acids is 2. The molecule has 1 heterocycles. The van der Waals surface area contributed by atoms with Crippen molar-refractivity contribution in [3.63, 3.8) is 0 Å². The average molecular weight is 595 g/mol. The van der Waals surface area contributed by atoms with Crippen molar-refractivity contribution < 1.29 is 58.0 Å². The zero-order valence-corrected chi connectivity index (χ0v) is 23.2. The number of hydrazine groups is 1. The quantitative estimate of drug-likeness (QED) is 0.0989. The van der Waals surface area contributed by atoms with Crippen LogP contribution in [0.3, 0.4) is 0 Å². The summed E-state index contributed by atoms with van der Waals surface area (Å²) in [6.45, 7) is 3.55. The third-order valence-electron chi connectivity index (χ3n) is 5.77. The smallest absolute Gasteiger partial charge is 0.408 e. The topological polar surface area (TPSA) is 230 Å². The summed E-state index contributed by atoms with van der Waals surface area (Å²) in [7, 11) is 0. The molecule has 4 atom stereocenters. The molecule has 2 rings (SSSR count). The van der Waals surface area contributed by atoms with Crippen LogP contribution in [-0.4, -0.2) is 94.4 Å². The molecular formula is C26H34N4O12. The lowest BCUT2D eigenvalue weighted by molar-refractivity contribution is -0.151. The molecule has 5 N–H and O–H groups in total. The zero-order valence-electron chi connectivity index (χ0n) is 23.2. The van der Waals surface area contributed by atoms with Gasteiger partial charge in [0.05, 0.1) is 6.61 Å². The van der Waals surface area contributed by atoms with E-state index in [0.29, 0.717) is 10.6 Å². The summed E-state index contributed by atoms with van der Waals surface area (Å²) in [5.41, 5.74) is 2.80. The third-order valence-corrected chi connectivity index (χ3v) is 5.77. The van der Waals surface area contributed by atoms with Crippen LogP contribution in [0.4, 0.5) is 4.79 Å². The lowest BCUT2D eigenvalue weighted by Gasteiger charge is -2.28. The molecule has 0 saturated carbocycles. The van der Waals surface area contributed by atoms with Crippen LogP contribution in [0.1, 0.15) is 39.2 Å². The van der Waals surface area contributed by atoms with Gasteiger partial charge in [-0.1, -0.05) is 44.2 Å². The lowest BCUT2D eigenvalue weighted by Crippen LogP contribution is -2.59. The Morgan fingerprint density at radius 2 is 1.60 bits per heavy atom. The van der Waals surface area contributed by atoms with Crippen molar-refractivity contribution in [1.82, 2.24) is 21.1 Å². The minimum atomic E-state index is -1.49. The molecule has 42 heavy (non-hydrogen) atoms. The molecule has 0 spiro atoms. The molecule has 1 aliphatic rings. The molecular weight excluding hydrogens is 560 g/mol. The summed E-state index contributed by atoms with van der Waals surface area (Å²) in [6.07, 6.45) is -4.48. The fourth-order valence-electron chi connectivity index (χ4n) is 3.60. The fraction of sp³-hybridized carbons (Fsp3) is 0.500. The van der Waals surface area contributed by atoms with Crippen molar-refractivity contribution in [2.75, 3.05) is 13.2 Å². The molecule has 0 aliphatic carbocycles. The number of carbonyl (C=O) groups is 7. The number of esters is 1.